The van der Waals surface area contributed by atoms with Crippen molar-refractivity contribution < 1.29 is 9.21 Å². The number of ketones is 1. The van der Waals surface area contributed by atoms with Gasteiger partial charge in [0.15, 0.2) is 11.5 Å². The number of aliphatic imine (C=N–C) groups is 1. The van der Waals surface area contributed by atoms with Gasteiger partial charge in [-0.15, -0.1) is 0 Å². The van der Waals surface area contributed by atoms with Gasteiger partial charge in [0, 0.05) is 19.2 Å². The first-order chi connectivity index (χ1) is 8.15. The molecule has 0 atom stereocenters. The quantitative estimate of drug-likeness (QED) is 0.792. The highest BCUT2D eigenvalue weighted by atomic mass is 16.3. The Labute approximate surface area is 100 Å². The number of furan rings is 1. The number of nitrogens with two attached hydrogens (primary N) is 1. The van der Waals surface area contributed by atoms with Gasteiger partial charge in [-0.1, -0.05) is 0 Å². The van der Waals surface area contributed by atoms with E-state index in [1.54, 1.807) is 13.3 Å². The summed E-state index contributed by atoms with van der Waals surface area (Å²) in [6, 6.07) is 1.85. The van der Waals surface area contributed by atoms with Gasteiger partial charge in [-0.25, -0.2) is 0 Å². The summed E-state index contributed by atoms with van der Waals surface area (Å²) in [5, 5.41) is 0. The van der Waals surface area contributed by atoms with E-state index >= 15 is 0 Å². The van der Waals surface area contributed by atoms with Crippen molar-refractivity contribution in [1.82, 2.24) is 0 Å². The Hall–Kier alpha value is -1.84. The lowest BCUT2D eigenvalue weighted by molar-refractivity contribution is -0.115. The van der Waals surface area contributed by atoms with Gasteiger partial charge < -0.3 is 10.2 Å². The maximum atomic E-state index is 12.0. The standard InChI is InChI=1S/C13H16N2O2/c1-8-6-7-17-13(8)12(15-2)11-9(14)4-3-5-10(11)16/h6-7H,3-5,14H2,1-2H3. The van der Waals surface area contributed by atoms with Gasteiger partial charge in [-0.3, -0.25) is 9.79 Å². The lowest BCUT2D eigenvalue weighted by atomic mass is 9.90. The zero-order valence-electron chi connectivity index (χ0n) is 10.1. The van der Waals surface area contributed by atoms with Gasteiger partial charge >= 0.3 is 0 Å². The van der Waals surface area contributed by atoms with E-state index in [0.717, 1.165) is 18.4 Å². The van der Waals surface area contributed by atoms with E-state index in [1.807, 2.05) is 13.0 Å². The highest BCUT2D eigenvalue weighted by Crippen LogP contribution is 2.24. The molecule has 17 heavy (non-hydrogen) atoms. The minimum absolute atomic E-state index is 0.0603. The van der Waals surface area contributed by atoms with Crippen LogP contribution in [0.3, 0.4) is 0 Å². The highest BCUT2D eigenvalue weighted by molar-refractivity contribution is 6.28. The first-order valence-corrected chi connectivity index (χ1v) is 5.68. The minimum atomic E-state index is 0.0603. The van der Waals surface area contributed by atoms with Gasteiger partial charge in [-0.05, 0) is 31.4 Å². The first-order valence-electron chi connectivity index (χ1n) is 5.68. The number of aryl methyl sites for hydroxylation is 1. The van der Waals surface area contributed by atoms with E-state index < -0.39 is 0 Å². The average molecular weight is 232 g/mol. The number of allylic oxidation sites excluding steroid dienone is 2. The van der Waals surface area contributed by atoms with Crippen molar-refractivity contribution >= 4 is 11.5 Å². The van der Waals surface area contributed by atoms with Crippen LogP contribution in [-0.4, -0.2) is 18.5 Å². The SMILES string of the molecule is CN=C(C1=C(N)CCCC1=O)c1occc1C. The number of rotatable bonds is 2. The summed E-state index contributed by atoms with van der Waals surface area (Å²) >= 11 is 0. The van der Waals surface area contributed by atoms with E-state index in [-0.39, 0.29) is 5.78 Å². The Morgan fingerprint density at radius 3 is 2.76 bits per heavy atom. The van der Waals surface area contributed by atoms with Crippen molar-refractivity contribution in [2.45, 2.75) is 26.2 Å². The summed E-state index contributed by atoms with van der Waals surface area (Å²) in [5.74, 6) is 0.700. The van der Waals surface area contributed by atoms with Crippen LogP contribution in [0.1, 0.15) is 30.6 Å². The molecule has 0 amide bonds. The second-order valence-electron chi connectivity index (χ2n) is 4.18. The molecule has 4 nitrogen and oxygen atoms in total. The number of hydrogen-bond donors (Lipinski definition) is 1. The number of nitrogens with zero attached hydrogens (tertiary/aromatic N) is 1. The van der Waals surface area contributed by atoms with Gasteiger partial charge in [0.05, 0.1) is 11.8 Å². The molecule has 1 aromatic heterocycles. The molecule has 4 heteroatoms. The zero-order valence-corrected chi connectivity index (χ0v) is 10.1. The summed E-state index contributed by atoms with van der Waals surface area (Å²) in [4.78, 5) is 16.1. The molecule has 1 aliphatic carbocycles. The van der Waals surface area contributed by atoms with Crippen LogP contribution < -0.4 is 5.73 Å². The minimum Gasteiger partial charge on any atom is -0.462 e. The predicted molar refractivity (Wildman–Crippen MR) is 66.0 cm³/mol. The predicted octanol–water partition coefficient (Wildman–Crippen LogP) is 1.97. The molecule has 0 bridgehead atoms. The number of carbonyl (C=O) groups is 1. The molecular weight excluding hydrogens is 216 g/mol. The molecule has 0 saturated heterocycles. The van der Waals surface area contributed by atoms with Crippen LogP contribution in [0.4, 0.5) is 0 Å². The van der Waals surface area contributed by atoms with Crippen LogP contribution in [0.5, 0.6) is 0 Å². The van der Waals surface area contributed by atoms with Crippen molar-refractivity contribution in [2.75, 3.05) is 7.05 Å². The number of hydrogen-bond acceptors (Lipinski definition) is 4. The van der Waals surface area contributed by atoms with Gasteiger partial charge in [0.2, 0.25) is 0 Å². The van der Waals surface area contributed by atoms with Crippen molar-refractivity contribution in [2.24, 2.45) is 10.7 Å². The monoisotopic (exact) mass is 232 g/mol. The molecule has 1 aromatic rings. The Bertz CT molecular complexity index is 509. The Morgan fingerprint density at radius 1 is 1.47 bits per heavy atom. The maximum absolute atomic E-state index is 12.0. The van der Waals surface area contributed by atoms with Crippen LogP contribution in [0, 0.1) is 6.92 Å². The van der Waals surface area contributed by atoms with E-state index in [2.05, 4.69) is 4.99 Å². The first kappa shape index (κ1) is 11.6. The van der Waals surface area contributed by atoms with Gasteiger partial charge in [-0.2, -0.15) is 0 Å². The molecule has 2 N–H and O–H groups in total. The largest absolute Gasteiger partial charge is 0.462 e. The van der Waals surface area contributed by atoms with Crippen molar-refractivity contribution in [3.8, 4) is 0 Å². The second-order valence-corrected chi connectivity index (χ2v) is 4.18. The third-order valence-corrected chi connectivity index (χ3v) is 2.99. The summed E-state index contributed by atoms with van der Waals surface area (Å²) in [5.41, 5.74) is 8.64. The van der Waals surface area contributed by atoms with Crippen molar-refractivity contribution in [1.29, 1.82) is 0 Å². The summed E-state index contributed by atoms with van der Waals surface area (Å²) < 4.78 is 5.39. The van der Waals surface area contributed by atoms with E-state index in [1.165, 1.54) is 0 Å². The molecule has 0 fully saturated rings. The topological polar surface area (TPSA) is 68.6 Å². The van der Waals surface area contributed by atoms with Crippen LogP contribution in [0.25, 0.3) is 0 Å². The normalized spacial score (nSPS) is 17.8. The third kappa shape index (κ3) is 2.02. The van der Waals surface area contributed by atoms with Crippen molar-refractivity contribution in [3.63, 3.8) is 0 Å². The molecule has 0 unspecified atom stereocenters. The smallest absolute Gasteiger partial charge is 0.166 e. The van der Waals surface area contributed by atoms with Gasteiger partial charge in [0.25, 0.3) is 0 Å². The molecule has 0 aromatic carbocycles. The Kier molecular flexibility index (Phi) is 3.13. The van der Waals surface area contributed by atoms with E-state index in [4.69, 9.17) is 10.2 Å². The number of Topliss-reactive ketones (excluding diaryl/α,β-unsaturated/α-hetero) is 1. The third-order valence-electron chi connectivity index (χ3n) is 2.99. The fourth-order valence-electron chi connectivity index (χ4n) is 2.09. The fraction of sp³-hybridized carbons (Fsp3) is 0.385. The molecular formula is C13H16N2O2. The van der Waals surface area contributed by atoms with Crippen LogP contribution in [0.15, 0.2) is 33.0 Å². The second kappa shape index (κ2) is 4.57. The summed E-state index contributed by atoms with van der Waals surface area (Å²) in [6.07, 6.45) is 3.71. The van der Waals surface area contributed by atoms with Crippen LogP contribution >= 0.6 is 0 Å². The molecule has 1 heterocycles. The summed E-state index contributed by atoms with van der Waals surface area (Å²) in [7, 11) is 1.65. The summed E-state index contributed by atoms with van der Waals surface area (Å²) in [6.45, 7) is 1.92. The lowest BCUT2D eigenvalue weighted by Crippen LogP contribution is -2.23. The maximum Gasteiger partial charge on any atom is 0.166 e. The lowest BCUT2D eigenvalue weighted by Gasteiger charge is -2.17. The van der Waals surface area contributed by atoms with Crippen LogP contribution in [0.2, 0.25) is 0 Å². The fourth-order valence-corrected chi connectivity index (χ4v) is 2.09. The average Bonchev–Trinajstić information content (AvgIpc) is 2.70. The molecule has 90 valence electrons. The van der Waals surface area contributed by atoms with Crippen molar-refractivity contribution in [3.05, 3.63) is 34.9 Å². The zero-order chi connectivity index (χ0) is 12.4. The molecule has 2 rings (SSSR count). The molecule has 0 aliphatic heterocycles. The molecule has 0 radical (unpaired) electrons. The van der Waals surface area contributed by atoms with E-state index in [0.29, 0.717) is 29.2 Å². The van der Waals surface area contributed by atoms with Crippen LogP contribution in [-0.2, 0) is 4.79 Å². The van der Waals surface area contributed by atoms with E-state index in [9.17, 15) is 4.79 Å². The Morgan fingerprint density at radius 2 is 2.24 bits per heavy atom. The Balaban J connectivity index is 2.51. The molecule has 0 saturated carbocycles. The highest BCUT2D eigenvalue weighted by Gasteiger charge is 2.26. The molecule has 1 aliphatic rings. The number of carbonyl (C=O) groups excluding carboxylic acids is 1. The van der Waals surface area contributed by atoms with Gasteiger partial charge in [0.1, 0.15) is 5.71 Å². The molecule has 0 spiro atoms.